The topological polar surface area (TPSA) is 33.0 Å². The van der Waals surface area contributed by atoms with Gasteiger partial charge in [0.05, 0.1) is 17.7 Å². The van der Waals surface area contributed by atoms with Crippen molar-refractivity contribution in [2.24, 2.45) is 0 Å². The van der Waals surface area contributed by atoms with Crippen molar-refractivity contribution >= 4 is 15.9 Å². The lowest BCUT2D eigenvalue weighted by atomic mass is 10.0. The molecule has 96 valence electrons. The fraction of sp³-hybridized carbons (Fsp3) is 0.188. The zero-order valence-corrected chi connectivity index (χ0v) is 12.2. The molecule has 0 N–H and O–H groups in total. The Morgan fingerprint density at radius 2 is 1.74 bits per heavy atom. The standard InChI is InChI=1S/C16H14BrNO/c1-19-16(14-6-8-15(17)9-7-14)10-12-2-4-13(11-18)5-3-12/h2-9,16H,10H2,1H3. The number of hydrogen-bond donors (Lipinski definition) is 0. The first-order valence-electron chi connectivity index (χ1n) is 6.00. The third kappa shape index (κ3) is 3.66. The Morgan fingerprint density at radius 3 is 2.26 bits per heavy atom. The molecule has 0 amide bonds. The van der Waals surface area contributed by atoms with Crippen LogP contribution in [0.5, 0.6) is 0 Å². The average molecular weight is 316 g/mol. The predicted molar refractivity (Wildman–Crippen MR) is 78.8 cm³/mol. The minimum atomic E-state index is 0.0287. The van der Waals surface area contributed by atoms with Crippen LogP contribution in [0.4, 0.5) is 0 Å². The number of rotatable bonds is 4. The van der Waals surface area contributed by atoms with Gasteiger partial charge in [-0.2, -0.15) is 5.26 Å². The fourth-order valence-corrected chi connectivity index (χ4v) is 2.21. The van der Waals surface area contributed by atoms with E-state index in [0.29, 0.717) is 5.56 Å². The molecule has 0 saturated carbocycles. The molecule has 0 heterocycles. The van der Waals surface area contributed by atoms with Crippen molar-refractivity contribution in [2.75, 3.05) is 7.11 Å². The van der Waals surface area contributed by atoms with Crippen LogP contribution in [0.2, 0.25) is 0 Å². The molecule has 1 unspecified atom stereocenters. The molecule has 0 aliphatic heterocycles. The van der Waals surface area contributed by atoms with Crippen molar-refractivity contribution in [3.05, 3.63) is 69.7 Å². The lowest BCUT2D eigenvalue weighted by molar-refractivity contribution is 0.104. The number of halogens is 1. The largest absolute Gasteiger partial charge is 0.376 e. The van der Waals surface area contributed by atoms with Gasteiger partial charge in [-0.05, 0) is 35.4 Å². The van der Waals surface area contributed by atoms with Crippen LogP contribution in [0.25, 0.3) is 0 Å². The summed E-state index contributed by atoms with van der Waals surface area (Å²) in [6.45, 7) is 0. The molecule has 3 heteroatoms. The van der Waals surface area contributed by atoms with Crippen LogP contribution in [0, 0.1) is 11.3 Å². The second-order valence-corrected chi connectivity index (χ2v) is 5.20. The summed E-state index contributed by atoms with van der Waals surface area (Å²) in [6.07, 6.45) is 0.824. The summed E-state index contributed by atoms with van der Waals surface area (Å²) in [5.74, 6) is 0. The average Bonchev–Trinajstić information content (AvgIpc) is 2.46. The van der Waals surface area contributed by atoms with Gasteiger partial charge in [0.2, 0.25) is 0 Å². The summed E-state index contributed by atoms with van der Waals surface area (Å²) < 4.78 is 6.62. The second-order valence-electron chi connectivity index (χ2n) is 4.29. The van der Waals surface area contributed by atoms with Crippen LogP contribution in [-0.4, -0.2) is 7.11 Å². The van der Waals surface area contributed by atoms with E-state index in [9.17, 15) is 0 Å². The lowest BCUT2D eigenvalue weighted by Crippen LogP contribution is -2.05. The molecule has 0 aliphatic rings. The first kappa shape index (κ1) is 13.8. The molecule has 0 fully saturated rings. The smallest absolute Gasteiger partial charge is 0.0991 e. The van der Waals surface area contributed by atoms with Crippen LogP contribution in [0.15, 0.2) is 53.0 Å². The number of nitrogens with zero attached hydrogens (tertiary/aromatic N) is 1. The quantitative estimate of drug-likeness (QED) is 0.845. The van der Waals surface area contributed by atoms with Crippen LogP contribution >= 0.6 is 15.9 Å². The van der Waals surface area contributed by atoms with Gasteiger partial charge in [0.1, 0.15) is 0 Å². The second kappa shape index (κ2) is 6.51. The van der Waals surface area contributed by atoms with Crippen molar-refractivity contribution in [1.82, 2.24) is 0 Å². The molecule has 19 heavy (non-hydrogen) atoms. The lowest BCUT2D eigenvalue weighted by Gasteiger charge is -2.16. The van der Waals surface area contributed by atoms with Gasteiger partial charge in [0.15, 0.2) is 0 Å². The Bertz CT molecular complexity index is 569. The summed E-state index contributed by atoms with van der Waals surface area (Å²) in [5, 5.41) is 8.78. The minimum Gasteiger partial charge on any atom is -0.376 e. The molecule has 0 radical (unpaired) electrons. The summed E-state index contributed by atoms with van der Waals surface area (Å²) in [4.78, 5) is 0. The number of ether oxygens (including phenoxy) is 1. The number of nitriles is 1. The summed E-state index contributed by atoms with van der Waals surface area (Å²) in [6, 6.07) is 17.9. The van der Waals surface area contributed by atoms with Crippen molar-refractivity contribution in [3.8, 4) is 6.07 Å². The van der Waals surface area contributed by atoms with Crippen LogP contribution in [0.1, 0.15) is 22.8 Å². The van der Waals surface area contributed by atoms with E-state index >= 15 is 0 Å². The molecule has 1 atom stereocenters. The molecule has 0 aliphatic carbocycles. The maximum Gasteiger partial charge on any atom is 0.0991 e. The first-order valence-corrected chi connectivity index (χ1v) is 6.79. The van der Waals surface area contributed by atoms with Gasteiger partial charge in [-0.25, -0.2) is 0 Å². The molecule has 0 spiro atoms. The molecule has 0 bridgehead atoms. The van der Waals surface area contributed by atoms with Gasteiger partial charge in [0.25, 0.3) is 0 Å². The van der Waals surface area contributed by atoms with Crippen LogP contribution in [-0.2, 0) is 11.2 Å². The third-order valence-electron chi connectivity index (χ3n) is 3.03. The fourth-order valence-electron chi connectivity index (χ4n) is 1.94. The maximum atomic E-state index is 8.78. The van der Waals surface area contributed by atoms with Gasteiger partial charge in [-0.1, -0.05) is 40.2 Å². The maximum absolute atomic E-state index is 8.78. The molecular weight excluding hydrogens is 302 g/mol. The molecule has 2 nitrogen and oxygen atoms in total. The number of hydrogen-bond acceptors (Lipinski definition) is 2. The van der Waals surface area contributed by atoms with E-state index < -0.39 is 0 Å². The Labute approximate surface area is 121 Å². The van der Waals surface area contributed by atoms with Crippen LogP contribution in [0.3, 0.4) is 0 Å². The highest BCUT2D eigenvalue weighted by molar-refractivity contribution is 9.10. The van der Waals surface area contributed by atoms with E-state index in [1.54, 1.807) is 7.11 Å². The van der Waals surface area contributed by atoms with Crippen molar-refractivity contribution in [2.45, 2.75) is 12.5 Å². The predicted octanol–water partition coefficient (Wildman–Crippen LogP) is 4.25. The summed E-state index contributed by atoms with van der Waals surface area (Å²) in [7, 11) is 1.72. The Kier molecular flexibility index (Phi) is 4.73. The van der Waals surface area contributed by atoms with Gasteiger partial charge in [-0.15, -0.1) is 0 Å². The SMILES string of the molecule is COC(Cc1ccc(C#N)cc1)c1ccc(Br)cc1. The zero-order valence-electron chi connectivity index (χ0n) is 10.6. The molecule has 0 saturated heterocycles. The summed E-state index contributed by atoms with van der Waals surface area (Å²) >= 11 is 3.43. The van der Waals surface area contributed by atoms with Crippen molar-refractivity contribution in [1.29, 1.82) is 5.26 Å². The van der Waals surface area contributed by atoms with E-state index in [0.717, 1.165) is 22.0 Å². The van der Waals surface area contributed by atoms with Gasteiger partial charge >= 0.3 is 0 Å². The number of methoxy groups -OCH3 is 1. The molecule has 2 aromatic carbocycles. The van der Waals surface area contributed by atoms with E-state index in [4.69, 9.17) is 10.00 Å². The van der Waals surface area contributed by atoms with Gasteiger partial charge in [-0.3, -0.25) is 0 Å². The Balaban J connectivity index is 2.14. The Morgan fingerprint density at radius 1 is 1.11 bits per heavy atom. The first-order chi connectivity index (χ1) is 9.22. The highest BCUT2D eigenvalue weighted by atomic mass is 79.9. The monoisotopic (exact) mass is 315 g/mol. The zero-order chi connectivity index (χ0) is 13.7. The van der Waals surface area contributed by atoms with E-state index in [1.807, 2.05) is 36.4 Å². The normalized spacial score (nSPS) is 11.8. The highest BCUT2D eigenvalue weighted by Crippen LogP contribution is 2.23. The summed E-state index contributed by atoms with van der Waals surface area (Å²) in [5.41, 5.74) is 2.99. The van der Waals surface area contributed by atoms with Crippen LogP contribution < -0.4 is 0 Å². The molecular formula is C16H14BrNO. The van der Waals surface area contributed by atoms with E-state index in [-0.39, 0.29) is 6.10 Å². The number of benzene rings is 2. The third-order valence-corrected chi connectivity index (χ3v) is 3.56. The Hall–Kier alpha value is -1.63. The van der Waals surface area contributed by atoms with Crippen molar-refractivity contribution < 1.29 is 4.74 Å². The molecule has 2 rings (SSSR count). The van der Waals surface area contributed by atoms with Gasteiger partial charge in [0, 0.05) is 18.0 Å². The highest BCUT2D eigenvalue weighted by Gasteiger charge is 2.11. The van der Waals surface area contributed by atoms with E-state index in [2.05, 4.69) is 34.1 Å². The minimum absolute atomic E-state index is 0.0287. The van der Waals surface area contributed by atoms with Gasteiger partial charge < -0.3 is 4.74 Å². The van der Waals surface area contributed by atoms with E-state index in [1.165, 1.54) is 0 Å². The van der Waals surface area contributed by atoms with Crippen molar-refractivity contribution in [3.63, 3.8) is 0 Å². The molecule has 2 aromatic rings. The molecule has 0 aromatic heterocycles.